The molecule has 0 aromatic rings. The third-order valence-corrected chi connectivity index (χ3v) is 5.97. The third kappa shape index (κ3) is 3.61. The molecule has 0 radical (unpaired) electrons. The molecular weight excluding hydrogens is 262 g/mol. The van der Waals surface area contributed by atoms with Gasteiger partial charge in [0.05, 0.1) is 6.61 Å². The quantitative estimate of drug-likeness (QED) is 0.852. The molecule has 3 rings (SSSR count). The molecule has 3 fully saturated rings. The summed E-state index contributed by atoms with van der Waals surface area (Å²) in [6.07, 6.45) is 6.76. The standard InChI is InChI=1S/C17H33N3O/c1-15-11-19-10-4-3-5-16(19)12-20(15)13-17(14-21-2)6-8-18-9-7-17/h15-16,18H,3-14H2,1-2H3. The summed E-state index contributed by atoms with van der Waals surface area (Å²) in [4.78, 5) is 5.52. The number of hydrogen-bond donors (Lipinski definition) is 1. The van der Waals surface area contributed by atoms with Crippen molar-refractivity contribution in [2.45, 2.75) is 51.1 Å². The van der Waals surface area contributed by atoms with Gasteiger partial charge in [-0.25, -0.2) is 0 Å². The van der Waals surface area contributed by atoms with Gasteiger partial charge in [0, 0.05) is 44.2 Å². The van der Waals surface area contributed by atoms with E-state index < -0.39 is 0 Å². The average Bonchev–Trinajstić information content (AvgIpc) is 2.49. The van der Waals surface area contributed by atoms with Gasteiger partial charge in [-0.05, 0) is 52.2 Å². The molecule has 3 saturated heterocycles. The minimum Gasteiger partial charge on any atom is -0.384 e. The SMILES string of the molecule is COCC1(CN2CC3CCCCN3CC2C)CCNCC1. The summed E-state index contributed by atoms with van der Waals surface area (Å²) >= 11 is 0. The van der Waals surface area contributed by atoms with Crippen molar-refractivity contribution in [3.05, 3.63) is 0 Å². The van der Waals surface area contributed by atoms with Crippen LogP contribution in [0.4, 0.5) is 0 Å². The van der Waals surface area contributed by atoms with Crippen LogP contribution in [0.25, 0.3) is 0 Å². The highest BCUT2D eigenvalue weighted by molar-refractivity contribution is 4.94. The molecule has 0 aliphatic carbocycles. The summed E-state index contributed by atoms with van der Waals surface area (Å²) in [6, 6.07) is 1.51. The molecule has 3 aliphatic rings. The molecule has 21 heavy (non-hydrogen) atoms. The molecule has 4 heteroatoms. The first kappa shape index (κ1) is 15.7. The Morgan fingerprint density at radius 2 is 2.00 bits per heavy atom. The summed E-state index contributed by atoms with van der Waals surface area (Å²) in [5, 5.41) is 3.51. The number of ether oxygens (including phenoxy) is 1. The van der Waals surface area contributed by atoms with Crippen LogP contribution in [-0.2, 0) is 4.74 Å². The second-order valence-electron chi connectivity index (χ2n) is 7.61. The number of rotatable bonds is 4. The fourth-order valence-corrected chi connectivity index (χ4v) is 4.68. The molecule has 0 saturated carbocycles. The van der Waals surface area contributed by atoms with Crippen molar-refractivity contribution < 1.29 is 4.74 Å². The number of methoxy groups -OCH3 is 1. The summed E-state index contributed by atoms with van der Waals surface area (Å²) in [5.74, 6) is 0. The lowest BCUT2D eigenvalue weighted by Gasteiger charge is -2.51. The van der Waals surface area contributed by atoms with Gasteiger partial charge in [-0.1, -0.05) is 6.42 Å². The molecule has 2 unspecified atom stereocenters. The smallest absolute Gasteiger partial charge is 0.0531 e. The highest BCUT2D eigenvalue weighted by Crippen LogP contribution is 2.33. The number of piperidine rings is 2. The molecule has 0 aromatic heterocycles. The van der Waals surface area contributed by atoms with Gasteiger partial charge in [0.15, 0.2) is 0 Å². The lowest BCUT2D eigenvalue weighted by molar-refractivity contribution is -0.0348. The van der Waals surface area contributed by atoms with E-state index >= 15 is 0 Å². The van der Waals surface area contributed by atoms with E-state index in [1.807, 2.05) is 7.11 Å². The molecule has 3 heterocycles. The molecule has 0 spiro atoms. The fourth-order valence-electron chi connectivity index (χ4n) is 4.68. The molecule has 0 bridgehead atoms. The predicted octanol–water partition coefficient (Wildman–Crippen LogP) is 1.56. The monoisotopic (exact) mass is 295 g/mol. The zero-order valence-electron chi connectivity index (χ0n) is 13.9. The van der Waals surface area contributed by atoms with E-state index in [1.54, 1.807) is 0 Å². The van der Waals surface area contributed by atoms with E-state index in [9.17, 15) is 0 Å². The molecule has 3 aliphatic heterocycles. The van der Waals surface area contributed by atoms with Crippen LogP contribution in [0.1, 0.15) is 39.0 Å². The van der Waals surface area contributed by atoms with E-state index in [1.165, 1.54) is 58.3 Å². The first-order chi connectivity index (χ1) is 10.2. The Balaban J connectivity index is 1.64. The first-order valence-electron chi connectivity index (χ1n) is 8.90. The van der Waals surface area contributed by atoms with Crippen LogP contribution >= 0.6 is 0 Å². The van der Waals surface area contributed by atoms with Crippen molar-refractivity contribution >= 4 is 0 Å². The zero-order chi connectivity index (χ0) is 14.7. The molecule has 1 N–H and O–H groups in total. The summed E-state index contributed by atoms with van der Waals surface area (Å²) in [6.45, 7) is 10.8. The van der Waals surface area contributed by atoms with Crippen LogP contribution < -0.4 is 5.32 Å². The van der Waals surface area contributed by atoms with E-state index in [4.69, 9.17) is 4.74 Å². The summed E-state index contributed by atoms with van der Waals surface area (Å²) in [7, 11) is 1.87. The third-order valence-electron chi connectivity index (χ3n) is 5.97. The Hall–Kier alpha value is -0.160. The number of hydrogen-bond acceptors (Lipinski definition) is 4. The summed E-state index contributed by atoms with van der Waals surface area (Å²) in [5.41, 5.74) is 0.380. The van der Waals surface area contributed by atoms with Crippen molar-refractivity contribution in [2.24, 2.45) is 5.41 Å². The van der Waals surface area contributed by atoms with Gasteiger partial charge < -0.3 is 10.1 Å². The number of nitrogens with one attached hydrogen (secondary N) is 1. The number of nitrogens with zero attached hydrogens (tertiary/aromatic N) is 2. The van der Waals surface area contributed by atoms with Gasteiger partial charge in [0.2, 0.25) is 0 Å². The van der Waals surface area contributed by atoms with Gasteiger partial charge in [0.1, 0.15) is 0 Å². The lowest BCUT2D eigenvalue weighted by Crippen LogP contribution is -2.61. The van der Waals surface area contributed by atoms with Gasteiger partial charge in [-0.15, -0.1) is 0 Å². The van der Waals surface area contributed by atoms with Gasteiger partial charge in [-0.3, -0.25) is 9.80 Å². The lowest BCUT2D eigenvalue weighted by atomic mass is 9.78. The minimum absolute atomic E-state index is 0.380. The van der Waals surface area contributed by atoms with Crippen LogP contribution in [-0.4, -0.2) is 74.9 Å². The molecule has 4 nitrogen and oxygen atoms in total. The highest BCUT2D eigenvalue weighted by atomic mass is 16.5. The van der Waals surface area contributed by atoms with E-state index in [2.05, 4.69) is 22.0 Å². The van der Waals surface area contributed by atoms with Gasteiger partial charge >= 0.3 is 0 Å². The summed E-state index contributed by atoms with van der Waals surface area (Å²) < 4.78 is 5.60. The van der Waals surface area contributed by atoms with Crippen LogP contribution in [0.5, 0.6) is 0 Å². The van der Waals surface area contributed by atoms with Gasteiger partial charge in [0.25, 0.3) is 0 Å². The molecule has 0 aromatic carbocycles. The Labute approximate surface area is 130 Å². The average molecular weight is 295 g/mol. The Morgan fingerprint density at radius 3 is 2.76 bits per heavy atom. The van der Waals surface area contributed by atoms with E-state index in [0.717, 1.165) is 25.7 Å². The van der Waals surface area contributed by atoms with Crippen LogP contribution in [0.3, 0.4) is 0 Å². The Kier molecular flexibility index (Phi) is 5.20. The molecule has 122 valence electrons. The maximum atomic E-state index is 5.60. The second-order valence-corrected chi connectivity index (χ2v) is 7.61. The van der Waals surface area contributed by atoms with Gasteiger partial charge in [-0.2, -0.15) is 0 Å². The number of piperazine rings is 1. The number of fused-ring (bicyclic) bond motifs is 1. The maximum Gasteiger partial charge on any atom is 0.0531 e. The Morgan fingerprint density at radius 1 is 1.19 bits per heavy atom. The van der Waals surface area contributed by atoms with Crippen molar-refractivity contribution in [3.63, 3.8) is 0 Å². The molecule has 0 amide bonds. The highest BCUT2D eigenvalue weighted by Gasteiger charge is 2.39. The minimum atomic E-state index is 0.380. The first-order valence-corrected chi connectivity index (χ1v) is 8.90. The van der Waals surface area contributed by atoms with Crippen molar-refractivity contribution in [2.75, 3.05) is 53.0 Å². The van der Waals surface area contributed by atoms with Crippen LogP contribution in [0.15, 0.2) is 0 Å². The normalized spacial score (nSPS) is 34.6. The Bertz CT molecular complexity index is 324. The second kappa shape index (κ2) is 6.95. The van der Waals surface area contributed by atoms with Crippen molar-refractivity contribution in [1.29, 1.82) is 0 Å². The fraction of sp³-hybridized carbons (Fsp3) is 1.00. The van der Waals surface area contributed by atoms with E-state index in [-0.39, 0.29) is 0 Å². The van der Waals surface area contributed by atoms with Crippen molar-refractivity contribution in [1.82, 2.24) is 15.1 Å². The molecule has 2 atom stereocenters. The maximum absolute atomic E-state index is 5.60. The van der Waals surface area contributed by atoms with Crippen molar-refractivity contribution in [3.8, 4) is 0 Å². The van der Waals surface area contributed by atoms with Crippen LogP contribution in [0.2, 0.25) is 0 Å². The zero-order valence-corrected chi connectivity index (χ0v) is 13.9. The molecular formula is C17H33N3O. The van der Waals surface area contributed by atoms with E-state index in [0.29, 0.717) is 11.5 Å². The predicted molar refractivity (Wildman–Crippen MR) is 86.7 cm³/mol. The van der Waals surface area contributed by atoms with Crippen LogP contribution in [0, 0.1) is 5.41 Å². The topological polar surface area (TPSA) is 27.7 Å². The largest absolute Gasteiger partial charge is 0.384 e.